The number of nitrogens with zero attached hydrogens (tertiary/aromatic N) is 3. The van der Waals surface area contributed by atoms with Gasteiger partial charge in [-0.1, -0.05) is 12.1 Å². The normalized spacial score (nSPS) is 16.4. The molecule has 0 radical (unpaired) electrons. The summed E-state index contributed by atoms with van der Waals surface area (Å²) >= 11 is 0. The fourth-order valence-corrected chi connectivity index (χ4v) is 4.81. The Bertz CT molecular complexity index is 1230. The van der Waals surface area contributed by atoms with Gasteiger partial charge in [-0.15, -0.1) is 0 Å². The van der Waals surface area contributed by atoms with Gasteiger partial charge < -0.3 is 18.9 Å². The lowest BCUT2D eigenvalue weighted by Crippen LogP contribution is -2.36. The Morgan fingerprint density at radius 3 is 2.50 bits per heavy atom. The molecule has 1 amide bonds. The molecule has 2 aliphatic rings. The topological polar surface area (TPSA) is 79.5 Å². The van der Waals surface area contributed by atoms with Crippen molar-refractivity contribution in [2.24, 2.45) is 0 Å². The maximum Gasteiger partial charge on any atom is 0.411 e. The molecule has 1 aromatic heterocycles. The molecule has 176 valence electrons. The van der Waals surface area contributed by atoms with Crippen molar-refractivity contribution in [2.45, 2.75) is 45.3 Å². The monoisotopic (exact) mass is 458 g/mol. The van der Waals surface area contributed by atoms with E-state index in [4.69, 9.17) is 9.47 Å². The van der Waals surface area contributed by atoms with Crippen molar-refractivity contribution in [3.63, 3.8) is 0 Å². The zero-order valence-corrected chi connectivity index (χ0v) is 19.7. The van der Waals surface area contributed by atoms with Gasteiger partial charge in [0.1, 0.15) is 6.07 Å². The van der Waals surface area contributed by atoms with Crippen LogP contribution in [0.3, 0.4) is 0 Å². The van der Waals surface area contributed by atoms with Gasteiger partial charge >= 0.3 is 6.09 Å². The lowest BCUT2D eigenvalue weighted by Gasteiger charge is -2.31. The van der Waals surface area contributed by atoms with Crippen molar-refractivity contribution in [3.05, 3.63) is 48.0 Å². The van der Waals surface area contributed by atoms with Gasteiger partial charge in [-0.05, 0) is 69.0 Å². The van der Waals surface area contributed by atoms with Gasteiger partial charge in [0.2, 0.25) is 0 Å². The summed E-state index contributed by atoms with van der Waals surface area (Å²) in [6.07, 6.45) is 2.78. The van der Waals surface area contributed by atoms with E-state index in [9.17, 15) is 10.1 Å². The van der Waals surface area contributed by atoms with Gasteiger partial charge in [0.05, 0.1) is 36.1 Å². The van der Waals surface area contributed by atoms with Crippen molar-refractivity contribution in [1.82, 2.24) is 4.57 Å². The van der Waals surface area contributed by atoms with Crippen LogP contribution in [0, 0.1) is 11.3 Å². The minimum atomic E-state index is -0.473. The van der Waals surface area contributed by atoms with Crippen molar-refractivity contribution in [2.75, 3.05) is 36.5 Å². The summed E-state index contributed by atoms with van der Waals surface area (Å²) in [5.74, 6) is 0. The average Bonchev–Trinajstić information content (AvgIpc) is 3.12. The number of benzene rings is 2. The summed E-state index contributed by atoms with van der Waals surface area (Å²) in [6.45, 7) is 6.86. The predicted octanol–water partition coefficient (Wildman–Crippen LogP) is 5.70. The van der Waals surface area contributed by atoms with E-state index < -0.39 is 6.09 Å². The highest BCUT2D eigenvalue weighted by Crippen LogP contribution is 2.43. The zero-order chi connectivity index (χ0) is 23.7. The van der Waals surface area contributed by atoms with Gasteiger partial charge in [-0.2, -0.15) is 5.26 Å². The smallest absolute Gasteiger partial charge is 0.411 e. The third-order valence-electron chi connectivity index (χ3n) is 6.66. The van der Waals surface area contributed by atoms with E-state index in [1.54, 1.807) is 0 Å². The lowest BCUT2D eigenvalue weighted by atomic mass is 9.92. The second kappa shape index (κ2) is 9.40. The van der Waals surface area contributed by atoms with Crippen LogP contribution in [-0.4, -0.2) is 43.1 Å². The number of hydrogen-bond acceptors (Lipinski definition) is 5. The van der Waals surface area contributed by atoms with Crippen molar-refractivity contribution >= 4 is 28.4 Å². The van der Waals surface area contributed by atoms with Crippen LogP contribution in [0.5, 0.6) is 0 Å². The number of anilines is 2. The van der Waals surface area contributed by atoms with E-state index in [-0.39, 0.29) is 6.10 Å². The molecule has 0 spiro atoms. The van der Waals surface area contributed by atoms with E-state index in [1.165, 1.54) is 12.1 Å². The Balaban J connectivity index is 1.56. The van der Waals surface area contributed by atoms with Crippen LogP contribution >= 0.6 is 0 Å². The van der Waals surface area contributed by atoms with Crippen LogP contribution in [0.25, 0.3) is 22.2 Å². The predicted molar refractivity (Wildman–Crippen MR) is 133 cm³/mol. The summed E-state index contributed by atoms with van der Waals surface area (Å²) in [7, 11) is 0. The molecule has 1 N–H and O–H groups in total. The van der Waals surface area contributed by atoms with Gasteiger partial charge in [-0.3, -0.25) is 5.32 Å². The highest BCUT2D eigenvalue weighted by molar-refractivity contribution is 5.96. The SMILES string of the molecule is CC(C)OC(=O)Nc1ccc(-c2c(C#N)c3ccc(N4CCOCC4)cc3n2C2CCC2)cc1. The number of aromatic nitrogens is 1. The van der Waals surface area contributed by atoms with Crippen LogP contribution in [-0.2, 0) is 9.47 Å². The number of rotatable bonds is 5. The standard InChI is InChI=1S/C27H30N4O3/c1-18(2)34-27(32)29-20-8-6-19(7-9-20)26-24(17-28)23-11-10-22(30-12-14-33-15-13-30)16-25(23)31(26)21-4-3-5-21/h6-11,16,18,21H,3-5,12-15H2,1-2H3,(H,29,32). The Kier molecular flexibility index (Phi) is 6.16. The maximum absolute atomic E-state index is 12.0. The zero-order valence-electron chi connectivity index (χ0n) is 19.7. The van der Waals surface area contributed by atoms with E-state index in [0.29, 0.717) is 17.3 Å². The van der Waals surface area contributed by atoms with Crippen molar-refractivity contribution < 1.29 is 14.3 Å². The maximum atomic E-state index is 12.0. The number of nitrogens with one attached hydrogen (secondary N) is 1. The molecule has 0 unspecified atom stereocenters. The first-order chi connectivity index (χ1) is 16.5. The van der Waals surface area contributed by atoms with E-state index >= 15 is 0 Å². The number of ether oxygens (including phenoxy) is 2. The van der Waals surface area contributed by atoms with Gasteiger partial charge in [-0.25, -0.2) is 4.79 Å². The number of hydrogen-bond donors (Lipinski definition) is 1. The summed E-state index contributed by atoms with van der Waals surface area (Å²) in [6, 6.07) is 17.0. The number of amides is 1. The molecule has 0 bridgehead atoms. The molecule has 5 rings (SSSR count). The van der Waals surface area contributed by atoms with Gasteiger partial charge in [0, 0.05) is 35.9 Å². The average molecular weight is 459 g/mol. The van der Waals surface area contributed by atoms with E-state index in [1.807, 2.05) is 38.1 Å². The Labute approximate surface area is 199 Å². The molecule has 1 saturated heterocycles. The Hall–Kier alpha value is -3.50. The fraction of sp³-hybridized carbons (Fsp3) is 0.407. The molecule has 2 aromatic carbocycles. The molecule has 1 saturated carbocycles. The van der Waals surface area contributed by atoms with E-state index in [2.05, 4.69) is 39.1 Å². The van der Waals surface area contributed by atoms with Crippen molar-refractivity contribution in [1.29, 1.82) is 5.26 Å². The first kappa shape index (κ1) is 22.3. The minimum absolute atomic E-state index is 0.182. The van der Waals surface area contributed by atoms with Crippen LogP contribution in [0.1, 0.15) is 44.7 Å². The minimum Gasteiger partial charge on any atom is -0.447 e. The molecular formula is C27H30N4O3. The van der Waals surface area contributed by atoms with Gasteiger partial charge in [0.15, 0.2) is 0 Å². The second-order valence-corrected chi connectivity index (χ2v) is 9.25. The highest BCUT2D eigenvalue weighted by Gasteiger charge is 2.28. The molecule has 3 aromatic rings. The van der Waals surface area contributed by atoms with Crippen LogP contribution in [0.4, 0.5) is 16.2 Å². The summed E-state index contributed by atoms with van der Waals surface area (Å²) in [5, 5.41) is 13.9. The molecule has 1 aliphatic carbocycles. The quantitative estimate of drug-likeness (QED) is 0.531. The molecule has 34 heavy (non-hydrogen) atoms. The van der Waals surface area contributed by atoms with Crippen molar-refractivity contribution in [3.8, 4) is 17.3 Å². The number of carbonyl (C=O) groups excluding carboxylic acids is 1. The number of fused-ring (bicyclic) bond motifs is 1. The molecular weight excluding hydrogens is 428 g/mol. The fourth-order valence-electron chi connectivity index (χ4n) is 4.81. The van der Waals surface area contributed by atoms with Crippen LogP contribution in [0.2, 0.25) is 0 Å². The third-order valence-corrected chi connectivity index (χ3v) is 6.66. The Morgan fingerprint density at radius 1 is 1.15 bits per heavy atom. The summed E-state index contributed by atoms with van der Waals surface area (Å²) in [4.78, 5) is 14.3. The summed E-state index contributed by atoms with van der Waals surface area (Å²) in [5.41, 5.74) is 5.58. The highest BCUT2D eigenvalue weighted by atomic mass is 16.6. The lowest BCUT2D eigenvalue weighted by molar-refractivity contribution is 0.122. The van der Waals surface area contributed by atoms with Crippen LogP contribution < -0.4 is 10.2 Å². The van der Waals surface area contributed by atoms with E-state index in [0.717, 1.165) is 61.3 Å². The molecule has 2 heterocycles. The molecule has 7 nitrogen and oxygen atoms in total. The number of carbonyl (C=O) groups is 1. The second-order valence-electron chi connectivity index (χ2n) is 9.25. The summed E-state index contributed by atoms with van der Waals surface area (Å²) < 4.78 is 13.1. The largest absolute Gasteiger partial charge is 0.447 e. The molecule has 0 atom stereocenters. The molecule has 7 heteroatoms. The number of morpholine rings is 1. The first-order valence-corrected chi connectivity index (χ1v) is 12.0. The third kappa shape index (κ3) is 4.22. The number of nitriles is 1. The molecule has 1 aliphatic heterocycles. The van der Waals surface area contributed by atoms with Crippen LogP contribution in [0.15, 0.2) is 42.5 Å². The van der Waals surface area contributed by atoms with Gasteiger partial charge in [0.25, 0.3) is 0 Å². The first-order valence-electron chi connectivity index (χ1n) is 12.0. The Morgan fingerprint density at radius 2 is 1.88 bits per heavy atom. The molecule has 2 fully saturated rings.